The zero-order valence-electron chi connectivity index (χ0n) is 62.8. The van der Waals surface area contributed by atoms with Gasteiger partial charge in [0, 0.05) is 0 Å². The van der Waals surface area contributed by atoms with Gasteiger partial charge in [-0.1, -0.05) is 178 Å². The van der Waals surface area contributed by atoms with E-state index >= 15 is 0 Å². The molecule has 12 nitrogen and oxygen atoms in total. The number of unbranched alkanes of at least 4 members (excludes halogenated alkanes) is 18. The van der Waals surface area contributed by atoms with Gasteiger partial charge in [-0.15, -0.1) is 0 Å². The number of fused-ring (bicyclic) bond motifs is 12. The lowest BCUT2D eigenvalue weighted by Gasteiger charge is -2.20. The van der Waals surface area contributed by atoms with E-state index in [-0.39, 0.29) is 0 Å². The summed E-state index contributed by atoms with van der Waals surface area (Å²) in [5, 5.41) is 12.9. The highest BCUT2D eigenvalue weighted by Crippen LogP contribution is 2.50. The molecule has 8 aromatic carbocycles. The Balaban J connectivity index is 0.960. The molecule has 8 aromatic rings. The Hall–Kier alpha value is -7.08. The summed E-state index contributed by atoms with van der Waals surface area (Å²) in [5.41, 5.74) is 0. The van der Waals surface area contributed by atoms with Crippen LogP contribution in [-0.2, 0) is 0 Å². The molecule has 99 heavy (non-hydrogen) atoms. The van der Waals surface area contributed by atoms with Gasteiger partial charge in [-0.05, 0) is 214 Å². The Morgan fingerprint density at radius 1 is 0.131 bits per heavy atom. The fourth-order valence-electron chi connectivity index (χ4n) is 12.5. The van der Waals surface area contributed by atoms with Crippen LogP contribution in [0.15, 0.2) is 72.8 Å². The van der Waals surface area contributed by atoms with Crippen molar-refractivity contribution in [3.05, 3.63) is 72.8 Å². The fourth-order valence-corrected chi connectivity index (χ4v) is 12.5. The first-order valence-corrected chi connectivity index (χ1v) is 39.4. The van der Waals surface area contributed by atoms with E-state index in [1.165, 1.54) is 32.1 Å². The van der Waals surface area contributed by atoms with E-state index in [9.17, 15) is 0 Å². The van der Waals surface area contributed by atoms with Gasteiger partial charge < -0.3 is 56.8 Å². The fraction of sp³-hybridized carbons (Fsp3) is 0.586. The molecule has 0 aliphatic rings. The second kappa shape index (κ2) is 43.6. The van der Waals surface area contributed by atoms with Crippen LogP contribution >= 0.6 is 0 Å². The van der Waals surface area contributed by atoms with Crippen LogP contribution in [0.4, 0.5) is 0 Å². The van der Waals surface area contributed by atoms with Gasteiger partial charge in [0.25, 0.3) is 0 Å². The van der Waals surface area contributed by atoms with Crippen molar-refractivity contribution in [3.8, 4) is 69.0 Å². The molecule has 0 aromatic heterocycles. The van der Waals surface area contributed by atoms with Crippen LogP contribution in [-0.4, -0.2) is 79.3 Å². The van der Waals surface area contributed by atoms with Gasteiger partial charge >= 0.3 is 0 Å². The van der Waals surface area contributed by atoms with Crippen LogP contribution in [0.25, 0.3) is 64.6 Å². The monoisotopic (exact) mass is 1360 g/mol. The molecule has 0 radical (unpaired) electrons. The van der Waals surface area contributed by atoms with Gasteiger partial charge in [0.15, 0.2) is 69.0 Å². The maximum Gasteiger partial charge on any atom is 0.161 e. The summed E-state index contributed by atoms with van der Waals surface area (Å²) in [4.78, 5) is 0. The standard InChI is InChI=1S/C87H124O12/c1-11-21-40-88-76-52-64-66-54-78(90-42-23-13-3)82(94-46-27-17-7)58-70(66)74-62-86(84(96-48-29-19-9)60-72(74)68(64)56-80(76)92-44-25-15-5)98-50-38-36-34-32-31-33-35-37-39-51-99-87-63-75-71-59-83(95-47-28-18-8)79(91-43-24-14-4)55-67(71)65-53-77(89-41-22-12-2)81(93-45-26-16-6)57-69(65)73(75)61-85(87)97-49-30-20-10/h52-63H,11-51H2,1-10H3. The van der Waals surface area contributed by atoms with Crippen molar-refractivity contribution in [3.63, 3.8) is 0 Å². The Bertz CT molecular complexity index is 3360. The van der Waals surface area contributed by atoms with Gasteiger partial charge in [0.05, 0.1) is 79.3 Å². The molecule has 0 amide bonds. The quantitative estimate of drug-likeness (QED) is 0.0267. The third-order valence-corrected chi connectivity index (χ3v) is 18.6. The second-order valence-electron chi connectivity index (χ2n) is 27.0. The first-order chi connectivity index (χ1) is 48.8. The van der Waals surface area contributed by atoms with E-state index in [0.717, 1.165) is 288 Å². The van der Waals surface area contributed by atoms with Gasteiger partial charge in [0.2, 0.25) is 0 Å². The molecule has 12 heteroatoms. The number of benzene rings is 8. The molecule has 0 atom stereocenters. The third-order valence-electron chi connectivity index (χ3n) is 18.6. The minimum Gasteiger partial charge on any atom is -0.490 e. The number of ether oxygens (including phenoxy) is 12. The van der Waals surface area contributed by atoms with E-state index in [0.29, 0.717) is 79.3 Å². The van der Waals surface area contributed by atoms with E-state index in [1.807, 2.05) is 0 Å². The average Bonchev–Trinajstić information content (AvgIpc) is 0.735. The summed E-state index contributed by atoms with van der Waals surface area (Å²) in [6, 6.07) is 26.4. The van der Waals surface area contributed by atoms with Crippen LogP contribution in [0.2, 0.25) is 0 Å². The Kier molecular flexibility index (Phi) is 34.2. The molecule has 0 fully saturated rings. The van der Waals surface area contributed by atoms with E-state index in [2.05, 4.69) is 142 Å². The molecule has 0 saturated carbocycles. The summed E-state index contributed by atoms with van der Waals surface area (Å²) < 4.78 is 79.4. The average molecular weight is 1360 g/mol. The van der Waals surface area contributed by atoms with Crippen molar-refractivity contribution < 1.29 is 56.8 Å². The van der Waals surface area contributed by atoms with Gasteiger partial charge in [-0.3, -0.25) is 0 Å². The number of hydrogen-bond acceptors (Lipinski definition) is 12. The van der Waals surface area contributed by atoms with Crippen molar-refractivity contribution >= 4 is 64.6 Å². The van der Waals surface area contributed by atoms with E-state index in [4.69, 9.17) is 56.8 Å². The summed E-state index contributed by atoms with van der Waals surface area (Å²) in [6.07, 6.45) is 30.1. The van der Waals surface area contributed by atoms with Crippen molar-refractivity contribution in [1.82, 2.24) is 0 Å². The lowest BCUT2D eigenvalue weighted by Crippen LogP contribution is -2.04. The lowest BCUT2D eigenvalue weighted by atomic mass is 9.93. The highest BCUT2D eigenvalue weighted by atomic mass is 16.5. The molecule has 0 aliphatic carbocycles. The SMILES string of the molecule is CCCCOc1cc2c3cc(OCCCC)c(OCCCC)cc3c3cc(OCCCCCCCCCCCOc4cc5c6cc(OCCCC)c(OCCCC)cc6c6cc(OCCCC)c(OCCCC)cc6c5cc4OCCCC)c(OCCCC)cc3c2cc1OCCCC. The molecular weight excluding hydrogens is 1240 g/mol. The predicted molar refractivity (Wildman–Crippen MR) is 414 cm³/mol. The van der Waals surface area contributed by atoms with Crippen molar-refractivity contribution in [2.75, 3.05) is 79.3 Å². The van der Waals surface area contributed by atoms with E-state index in [1.54, 1.807) is 0 Å². The largest absolute Gasteiger partial charge is 0.490 e. The summed E-state index contributed by atoms with van der Waals surface area (Å²) in [7, 11) is 0. The van der Waals surface area contributed by atoms with Gasteiger partial charge in [-0.2, -0.15) is 0 Å². The Labute approximate surface area is 595 Å². The van der Waals surface area contributed by atoms with Crippen molar-refractivity contribution in [2.45, 2.75) is 255 Å². The molecule has 0 saturated heterocycles. The first-order valence-electron chi connectivity index (χ1n) is 39.4. The molecule has 0 bridgehead atoms. The maximum atomic E-state index is 6.82. The molecule has 0 spiro atoms. The summed E-state index contributed by atoms with van der Waals surface area (Å²) in [5.74, 6) is 9.25. The molecule has 8 rings (SSSR count). The molecule has 0 heterocycles. The zero-order valence-corrected chi connectivity index (χ0v) is 62.8. The second-order valence-corrected chi connectivity index (χ2v) is 27.0. The van der Waals surface area contributed by atoms with Crippen LogP contribution in [0.3, 0.4) is 0 Å². The minimum absolute atomic E-state index is 0.610. The highest BCUT2D eigenvalue weighted by Gasteiger charge is 2.24. The summed E-state index contributed by atoms with van der Waals surface area (Å²) in [6.45, 7) is 29.4. The van der Waals surface area contributed by atoms with Gasteiger partial charge in [0.1, 0.15) is 0 Å². The normalized spacial score (nSPS) is 11.6. The highest BCUT2D eigenvalue weighted by molar-refractivity contribution is 6.28. The molecule has 0 N–H and O–H groups in total. The Morgan fingerprint density at radius 3 is 0.323 bits per heavy atom. The number of hydrogen-bond donors (Lipinski definition) is 0. The van der Waals surface area contributed by atoms with Crippen LogP contribution in [0.5, 0.6) is 69.0 Å². The van der Waals surface area contributed by atoms with Crippen LogP contribution in [0, 0.1) is 0 Å². The topological polar surface area (TPSA) is 111 Å². The van der Waals surface area contributed by atoms with Crippen molar-refractivity contribution in [2.24, 2.45) is 0 Å². The number of rotatable bonds is 54. The van der Waals surface area contributed by atoms with Crippen LogP contribution < -0.4 is 56.8 Å². The van der Waals surface area contributed by atoms with E-state index < -0.39 is 0 Å². The smallest absolute Gasteiger partial charge is 0.161 e. The Morgan fingerprint density at radius 2 is 0.222 bits per heavy atom. The third kappa shape index (κ3) is 22.5. The minimum atomic E-state index is 0.610. The molecule has 544 valence electrons. The molecule has 0 unspecified atom stereocenters. The molecule has 0 aliphatic heterocycles. The van der Waals surface area contributed by atoms with Crippen LogP contribution in [0.1, 0.15) is 255 Å². The maximum absolute atomic E-state index is 6.82. The predicted octanol–water partition coefficient (Wildman–Crippen LogP) is 25.4. The zero-order chi connectivity index (χ0) is 69.8. The van der Waals surface area contributed by atoms with Crippen molar-refractivity contribution in [1.29, 1.82) is 0 Å². The first kappa shape index (κ1) is 77.7. The molecular formula is C87H124O12. The van der Waals surface area contributed by atoms with Gasteiger partial charge in [-0.25, -0.2) is 0 Å². The lowest BCUT2D eigenvalue weighted by molar-refractivity contribution is 0.260. The summed E-state index contributed by atoms with van der Waals surface area (Å²) >= 11 is 0.